The van der Waals surface area contributed by atoms with Crippen molar-refractivity contribution in [1.29, 1.82) is 0 Å². The molecule has 1 aromatic carbocycles. The summed E-state index contributed by atoms with van der Waals surface area (Å²) in [5.74, 6) is -1.11. The normalized spacial score (nSPS) is 10.5. The van der Waals surface area contributed by atoms with Gasteiger partial charge in [0.05, 0.1) is 5.56 Å². The molecule has 2 N–H and O–H groups in total. The van der Waals surface area contributed by atoms with Crippen LogP contribution in [-0.2, 0) is 0 Å². The van der Waals surface area contributed by atoms with E-state index in [0.29, 0.717) is 4.47 Å². The summed E-state index contributed by atoms with van der Waals surface area (Å²) in [7, 11) is 0. The second kappa shape index (κ2) is 4.89. The van der Waals surface area contributed by atoms with Crippen molar-refractivity contribution in [1.82, 2.24) is 0 Å². The summed E-state index contributed by atoms with van der Waals surface area (Å²) in [6, 6.07) is 2.70. The van der Waals surface area contributed by atoms with Gasteiger partial charge in [-0.05, 0) is 44.0 Å². The van der Waals surface area contributed by atoms with E-state index in [1.807, 2.05) is 0 Å². The van der Waals surface area contributed by atoms with Crippen molar-refractivity contribution in [3.8, 4) is 5.75 Å². The minimum Gasteiger partial charge on any atom is -0.434 e. The summed E-state index contributed by atoms with van der Waals surface area (Å²) >= 11 is 6.17. The van der Waals surface area contributed by atoms with E-state index >= 15 is 0 Å². The third-order valence-electron chi connectivity index (χ3n) is 1.52. The lowest BCUT2D eigenvalue weighted by Gasteiger charge is -2.10. The monoisotopic (exact) mass is 343 g/mol. The van der Waals surface area contributed by atoms with Crippen molar-refractivity contribution in [3.63, 3.8) is 0 Å². The van der Waals surface area contributed by atoms with Crippen LogP contribution in [0.2, 0.25) is 0 Å². The fourth-order valence-electron chi connectivity index (χ4n) is 0.957. The number of amides is 1. The van der Waals surface area contributed by atoms with E-state index < -0.39 is 12.5 Å². The van der Waals surface area contributed by atoms with Crippen LogP contribution in [0.1, 0.15) is 10.4 Å². The fourth-order valence-corrected chi connectivity index (χ4v) is 1.81. The number of nitrogens with two attached hydrogens (primary N) is 1. The van der Waals surface area contributed by atoms with Gasteiger partial charge >= 0.3 is 6.61 Å². The predicted octanol–water partition coefficient (Wildman–Crippen LogP) is 2.91. The Hall–Kier alpha value is -0.690. The van der Waals surface area contributed by atoms with Gasteiger partial charge in [0.2, 0.25) is 0 Å². The Kier molecular flexibility index (Phi) is 4.04. The third kappa shape index (κ3) is 2.88. The summed E-state index contributed by atoms with van der Waals surface area (Å²) < 4.78 is 29.0. The zero-order chi connectivity index (χ0) is 11.6. The number of primary amides is 1. The van der Waals surface area contributed by atoms with Crippen LogP contribution < -0.4 is 10.5 Å². The van der Waals surface area contributed by atoms with Gasteiger partial charge in [0, 0.05) is 8.95 Å². The van der Waals surface area contributed by atoms with Crippen molar-refractivity contribution < 1.29 is 18.3 Å². The number of ether oxygens (including phenoxy) is 1. The van der Waals surface area contributed by atoms with Crippen molar-refractivity contribution in [2.45, 2.75) is 6.61 Å². The average molecular weight is 345 g/mol. The van der Waals surface area contributed by atoms with Gasteiger partial charge in [0.15, 0.2) is 0 Å². The number of hydrogen-bond donors (Lipinski definition) is 1. The Morgan fingerprint density at radius 3 is 2.47 bits per heavy atom. The smallest absolute Gasteiger partial charge is 0.387 e. The molecule has 0 atom stereocenters. The molecule has 0 radical (unpaired) electrons. The van der Waals surface area contributed by atoms with Crippen LogP contribution in [-0.4, -0.2) is 12.5 Å². The van der Waals surface area contributed by atoms with Gasteiger partial charge in [0.1, 0.15) is 5.75 Å². The van der Waals surface area contributed by atoms with Crippen LogP contribution >= 0.6 is 31.9 Å². The van der Waals surface area contributed by atoms with Crippen molar-refractivity contribution in [3.05, 3.63) is 26.6 Å². The summed E-state index contributed by atoms with van der Waals surface area (Å²) in [6.45, 7) is -3.00. The minimum absolute atomic E-state index is 0.121. The molecule has 15 heavy (non-hydrogen) atoms. The Labute approximate surface area is 101 Å². The van der Waals surface area contributed by atoms with Crippen LogP contribution in [0.15, 0.2) is 21.1 Å². The molecule has 1 rings (SSSR count). The van der Waals surface area contributed by atoms with Gasteiger partial charge in [-0.1, -0.05) is 0 Å². The molecule has 0 saturated heterocycles. The molecule has 0 bridgehead atoms. The van der Waals surface area contributed by atoms with Gasteiger partial charge in [0.25, 0.3) is 5.91 Å². The lowest BCUT2D eigenvalue weighted by atomic mass is 10.2. The standard InChI is InChI=1S/C8H5Br2F2NO2/c9-3-1-2-4(15-8(11)12)5(6(3)10)7(13)14/h1-2,8H,(H2,13,14). The van der Waals surface area contributed by atoms with E-state index in [1.54, 1.807) is 0 Å². The summed E-state index contributed by atoms with van der Waals surface area (Å²) in [4.78, 5) is 11.0. The molecule has 1 amide bonds. The van der Waals surface area contributed by atoms with Crippen molar-refractivity contribution >= 4 is 37.8 Å². The number of halogens is 4. The molecule has 0 aromatic heterocycles. The first-order valence-electron chi connectivity index (χ1n) is 3.66. The number of rotatable bonds is 3. The van der Waals surface area contributed by atoms with E-state index in [1.165, 1.54) is 12.1 Å². The first kappa shape index (κ1) is 12.4. The molecule has 0 spiro atoms. The summed E-state index contributed by atoms with van der Waals surface area (Å²) in [5.41, 5.74) is 4.92. The van der Waals surface area contributed by atoms with E-state index in [9.17, 15) is 13.6 Å². The van der Waals surface area contributed by atoms with E-state index in [2.05, 4.69) is 36.6 Å². The molecule has 3 nitrogen and oxygen atoms in total. The molecule has 7 heteroatoms. The van der Waals surface area contributed by atoms with Crippen LogP contribution in [0, 0.1) is 0 Å². The van der Waals surface area contributed by atoms with Gasteiger partial charge < -0.3 is 10.5 Å². The molecule has 0 unspecified atom stereocenters. The molecular weight excluding hydrogens is 340 g/mol. The number of carbonyl (C=O) groups is 1. The highest BCUT2D eigenvalue weighted by molar-refractivity contribution is 9.13. The average Bonchev–Trinajstić information content (AvgIpc) is 2.10. The number of hydrogen-bond acceptors (Lipinski definition) is 2. The maximum atomic E-state index is 12.0. The van der Waals surface area contributed by atoms with Gasteiger partial charge in [-0.15, -0.1) is 0 Å². The van der Waals surface area contributed by atoms with Crippen LogP contribution in [0.25, 0.3) is 0 Å². The fraction of sp³-hybridized carbons (Fsp3) is 0.125. The van der Waals surface area contributed by atoms with Crippen LogP contribution in [0.5, 0.6) is 5.75 Å². The Balaban J connectivity index is 3.27. The summed E-state index contributed by atoms with van der Waals surface area (Å²) in [6.07, 6.45) is 0. The third-order valence-corrected chi connectivity index (χ3v) is 3.54. The van der Waals surface area contributed by atoms with E-state index in [-0.39, 0.29) is 15.8 Å². The van der Waals surface area contributed by atoms with Crippen molar-refractivity contribution in [2.24, 2.45) is 5.73 Å². The SMILES string of the molecule is NC(=O)c1c(OC(F)F)ccc(Br)c1Br. The molecular formula is C8H5Br2F2NO2. The molecule has 82 valence electrons. The van der Waals surface area contributed by atoms with Gasteiger partial charge in [-0.2, -0.15) is 8.78 Å². The molecule has 0 aliphatic heterocycles. The topological polar surface area (TPSA) is 52.3 Å². The van der Waals surface area contributed by atoms with Gasteiger partial charge in [-0.3, -0.25) is 4.79 Å². The Morgan fingerprint density at radius 2 is 2.00 bits per heavy atom. The largest absolute Gasteiger partial charge is 0.434 e. The highest BCUT2D eigenvalue weighted by Gasteiger charge is 2.18. The van der Waals surface area contributed by atoms with Gasteiger partial charge in [-0.25, -0.2) is 0 Å². The predicted molar refractivity (Wildman–Crippen MR) is 57.0 cm³/mol. The summed E-state index contributed by atoms with van der Waals surface area (Å²) in [5, 5.41) is 0. The Morgan fingerprint density at radius 1 is 1.40 bits per heavy atom. The van der Waals surface area contributed by atoms with Crippen LogP contribution in [0.3, 0.4) is 0 Å². The maximum absolute atomic E-state index is 12.0. The number of benzene rings is 1. The molecule has 1 aromatic rings. The number of carbonyl (C=O) groups excluding carboxylic acids is 1. The Bertz CT molecular complexity index is 398. The lowest BCUT2D eigenvalue weighted by Crippen LogP contribution is -2.15. The minimum atomic E-state index is -3.00. The first-order chi connectivity index (χ1) is 6.93. The van der Waals surface area contributed by atoms with E-state index in [4.69, 9.17) is 5.73 Å². The zero-order valence-electron chi connectivity index (χ0n) is 7.14. The second-order valence-corrected chi connectivity index (χ2v) is 4.12. The second-order valence-electron chi connectivity index (χ2n) is 2.48. The molecule has 0 aliphatic rings. The van der Waals surface area contributed by atoms with Crippen LogP contribution in [0.4, 0.5) is 8.78 Å². The highest BCUT2D eigenvalue weighted by atomic mass is 79.9. The highest BCUT2D eigenvalue weighted by Crippen LogP contribution is 2.33. The molecule has 0 saturated carbocycles. The first-order valence-corrected chi connectivity index (χ1v) is 5.24. The quantitative estimate of drug-likeness (QED) is 0.916. The maximum Gasteiger partial charge on any atom is 0.387 e. The van der Waals surface area contributed by atoms with Crippen molar-refractivity contribution in [2.75, 3.05) is 0 Å². The molecule has 0 fully saturated rings. The van der Waals surface area contributed by atoms with E-state index in [0.717, 1.165) is 0 Å². The lowest BCUT2D eigenvalue weighted by molar-refractivity contribution is -0.0501. The molecule has 0 heterocycles. The zero-order valence-corrected chi connectivity index (χ0v) is 10.3. The molecule has 0 aliphatic carbocycles. The number of alkyl halides is 2.